The molecule has 1 aromatic rings. The highest BCUT2D eigenvalue weighted by Crippen LogP contribution is 2.32. The van der Waals surface area contributed by atoms with Crippen LogP contribution in [0.1, 0.15) is 24.2 Å². The monoisotopic (exact) mass is 363 g/mol. The number of carbonyl (C=O) groups is 2. The molecule has 1 saturated heterocycles. The molecule has 2 aliphatic heterocycles. The molecule has 0 aromatic carbocycles. The molecular weight excluding hydrogens is 347 g/mol. The predicted octanol–water partition coefficient (Wildman–Crippen LogP) is 1.30. The molecule has 0 saturated carbocycles. The normalized spacial score (nSPS) is 23.4. The number of nitrogens with zero attached hydrogens (tertiary/aromatic N) is 1. The maximum atomic E-state index is 12.2. The SMILES string of the molecule is O=C1Nc2oc(CNC(=O)C(F)(F)F)cc2CN1[C@H]1CC[C@@H](CO)O1. The van der Waals surface area contributed by atoms with Gasteiger partial charge >= 0.3 is 18.1 Å². The fourth-order valence-corrected chi connectivity index (χ4v) is 2.77. The van der Waals surface area contributed by atoms with Gasteiger partial charge in [0.2, 0.25) is 5.88 Å². The third-order valence-electron chi connectivity index (χ3n) is 4.00. The van der Waals surface area contributed by atoms with Crippen LogP contribution in [0.5, 0.6) is 0 Å². The molecule has 3 rings (SSSR count). The van der Waals surface area contributed by atoms with Crippen LogP contribution in [-0.4, -0.2) is 47.1 Å². The molecule has 3 amide bonds. The van der Waals surface area contributed by atoms with Crippen molar-refractivity contribution in [2.24, 2.45) is 0 Å². The van der Waals surface area contributed by atoms with E-state index < -0.39 is 30.9 Å². The van der Waals surface area contributed by atoms with Gasteiger partial charge in [0.25, 0.3) is 0 Å². The van der Waals surface area contributed by atoms with Gasteiger partial charge in [-0.2, -0.15) is 13.2 Å². The number of hydrogen-bond acceptors (Lipinski definition) is 5. The maximum Gasteiger partial charge on any atom is 0.471 e. The van der Waals surface area contributed by atoms with Crippen LogP contribution < -0.4 is 10.6 Å². The lowest BCUT2D eigenvalue weighted by atomic mass is 10.2. The van der Waals surface area contributed by atoms with Gasteiger partial charge in [-0.1, -0.05) is 0 Å². The number of aliphatic hydroxyl groups is 1. The van der Waals surface area contributed by atoms with E-state index in [1.807, 2.05) is 0 Å². The summed E-state index contributed by atoms with van der Waals surface area (Å²) < 4.78 is 47.4. The van der Waals surface area contributed by atoms with Gasteiger partial charge in [0.05, 0.1) is 25.8 Å². The number of carbonyl (C=O) groups excluding carboxylic acids is 2. The summed E-state index contributed by atoms with van der Waals surface area (Å²) in [6, 6.07) is 1.01. The smallest absolute Gasteiger partial charge is 0.443 e. The van der Waals surface area contributed by atoms with E-state index in [-0.39, 0.29) is 30.9 Å². The first kappa shape index (κ1) is 17.5. The number of rotatable bonds is 4. The van der Waals surface area contributed by atoms with Crippen molar-refractivity contribution in [1.82, 2.24) is 10.2 Å². The van der Waals surface area contributed by atoms with Crippen molar-refractivity contribution in [2.75, 3.05) is 11.9 Å². The van der Waals surface area contributed by atoms with E-state index in [1.54, 1.807) is 5.32 Å². The largest absolute Gasteiger partial charge is 0.471 e. The van der Waals surface area contributed by atoms with Crippen LogP contribution in [0.2, 0.25) is 0 Å². The summed E-state index contributed by atoms with van der Waals surface area (Å²) in [5, 5.41) is 13.3. The van der Waals surface area contributed by atoms with Gasteiger partial charge < -0.3 is 19.6 Å². The molecule has 1 aromatic heterocycles. The molecule has 0 unspecified atom stereocenters. The first-order valence-corrected chi connectivity index (χ1v) is 7.58. The second-order valence-corrected chi connectivity index (χ2v) is 5.78. The Bertz CT molecular complexity index is 675. The van der Waals surface area contributed by atoms with Crippen LogP contribution in [0.25, 0.3) is 0 Å². The highest BCUT2D eigenvalue weighted by molar-refractivity contribution is 5.90. The van der Waals surface area contributed by atoms with Crippen molar-refractivity contribution >= 4 is 17.8 Å². The Kier molecular flexibility index (Phi) is 4.60. The number of alkyl halides is 3. The molecule has 0 aliphatic carbocycles. The quantitative estimate of drug-likeness (QED) is 0.748. The zero-order chi connectivity index (χ0) is 18.2. The van der Waals surface area contributed by atoms with Gasteiger partial charge in [-0.15, -0.1) is 0 Å². The highest BCUT2D eigenvalue weighted by Gasteiger charge is 2.39. The number of amides is 3. The number of aliphatic hydroxyl groups excluding tert-OH is 1. The van der Waals surface area contributed by atoms with Crippen molar-refractivity contribution in [1.29, 1.82) is 0 Å². The lowest BCUT2D eigenvalue weighted by Gasteiger charge is -2.31. The predicted molar refractivity (Wildman–Crippen MR) is 76.2 cm³/mol. The second-order valence-electron chi connectivity index (χ2n) is 5.78. The number of furan rings is 1. The lowest BCUT2D eigenvalue weighted by Crippen LogP contribution is -2.45. The third kappa shape index (κ3) is 3.71. The first-order chi connectivity index (χ1) is 11.8. The number of hydrogen-bond donors (Lipinski definition) is 3. The van der Waals surface area contributed by atoms with Crippen molar-refractivity contribution in [3.8, 4) is 0 Å². The Morgan fingerprint density at radius 2 is 2.20 bits per heavy atom. The molecule has 3 heterocycles. The zero-order valence-electron chi connectivity index (χ0n) is 12.9. The molecule has 25 heavy (non-hydrogen) atoms. The molecule has 0 bridgehead atoms. The van der Waals surface area contributed by atoms with E-state index in [1.165, 1.54) is 11.0 Å². The number of anilines is 1. The summed E-state index contributed by atoms with van der Waals surface area (Å²) in [5.41, 5.74) is 0.562. The number of nitrogens with one attached hydrogen (secondary N) is 2. The molecule has 8 nitrogen and oxygen atoms in total. The minimum atomic E-state index is -4.97. The van der Waals surface area contributed by atoms with E-state index >= 15 is 0 Å². The third-order valence-corrected chi connectivity index (χ3v) is 4.00. The fourth-order valence-electron chi connectivity index (χ4n) is 2.77. The summed E-state index contributed by atoms with van der Waals surface area (Å²) in [6.07, 6.45) is -4.59. The minimum Gasteiger partial charge on any atom is -0.443 e. The summed E-state index contributed by atoms with van der Waals surface area (Å²) in [6.45, 7) is -0.430. The Morgan fingerprint density at radius 1 is 1.44 bits per heavy atom. The Hall–Kier alpha value is -2.27. The average Bonchev–Trinajstić information content (AvgIpc) is 3.16. The number of ether oxygens (including phenoxy) is 1. The van der Waals surface area contributed by atoms with Crippen LogP contribution in [0.3, 0.4) is 0 Å². The maximum absolute atomic E-state index is 12.2. The van der Waals surface area contributed by atoms with Crippen LogP contribution >= 0.6 is 0 Å². The summed E-state index contributed by atoms with van der Waals surface area (Å²) in [5.74, 6) is -1.85. The van der Waals surface area contributed by atoms with E-state index in [0.717, 1.165) is 0 Å². The highest BCUT2D eigenvalue weighted by atomic mass is 19.4. The molecule has 3 N–H and O–H groups in total. The average molecular weight is 363 g/mol. The second kappa shape index (κ2) is 6.56. The van der Waals surface area contributed by atoms with E-state index in [2.05, 4.69) is 5.32 Å². The van der Waals surface area contributed by atoms with E-state index in [4.69, 9.17) is 14.3 Å². The van der Waals surface area contributed by atoms with Crippen molar-refractivity contribution < 1.29 is 37.0 Å². The Morgan fingerprint density at radius 3 is 2.84 bits per heavy atom. The molecule has 2 aliphatic rings. The summed E-state index contributed by atoms with van der Waals surface area (Å²) in [4.78, 5) is 24.4. The first-order valence-electron chi connectivity index (χ1n) is 7.58. The number of urea groups is 1. The standard InChI is InChI=1S/C14H16F3N3O5/c15-14(16,17)12(22)18-4-9-3-7-5-20(13(23)19-11(7)25-9)10-2-1-8(6-21)24-10/h3,8,10,21H,1-2,4-6H2,(H,18,22)(H,19,23)/t8-,10+/m0/s1. The Balaban J connectivity index is 1.64. The van der Waals surface area contributed by atoms with Gasteiger partial charge in [0.1, 0.15) is 12.0 Å². The number of fused-ring (bicyclic) bond motifs is 1. The molecule has 0 spiro atoms. The molecule has 0 radical (unpaired) electrons. The van der Waals surface area contributed by atoms with Crippen LogP contribution in [-0.2, 0) is 22.6 Å². The van der Waals surface area contributed by atoms with E-state index in [9.17, 15) is 22.8 Å². The molecule has 11 heteroatoms. The number of halogens is 3. The molecular formula is C14H16F3N3O5. The lowest BCUT2D eigenvalue weighted by molar-refractivity contribution is -0.173. The molecule has 1 fully saturated rings. The Labute approximate surface area is 139 Å². The van der Waals surface area contributed by atoms with Gasteiger partial charge in [-0.05, 0) is 18.9 Å². The topological polar surface area (TPSA) is 104 Å². The van der Waals surface area contributed by atoms with Crippen LogP contribution in [0, 0.1) is 0 Å². The van der Waals surface area contributed by atoms with E-state index in [0.29, 0.717) is 18.4 Å². The minimum absolute atomic E-state index is 0.0883. The van der Waals surface area contributed by atoms with Gasteiger partial charge in [-0.25, -0.2) is 4.79 Å². The molecule has 138 valence electrons. The molecule has 2 atom stereocenters. The summed E-state index contributed by atoms with van der Waals surface area (Å²) in [7, 11) is 0. The van der Waals surface area contributed by atoms with Gasteiger partial charge in [0, 0.05) is 5.56 Å². The zero-order valence-corrected chi connectivity index (χ0v) is 12.9. The van der Waals surface area contributed by atoms with Gasteiger partial charge in [-0.3, -0.25) is 15.0 Å². The van der Waals surface area contributed by atoms with Crippen LogP contribution in [0.4, 0.5) is 23.8 Å². The van der Waals surface area contributed by atoms with Crippen molar-refractivity contribution in [2.45, 2.75) is 44.4 Å². The summed E-state index contributed by atoms with van der Waals surface area (Å²) >= 11 is 0. The van der Waals surface area contributed by atoms with Crippen molar-refractivity contribution in [3.05, 3.63) is 17.4 Å². The van der Waals surface area contributed by atoms with Crippen molar-refractivity contribution in [3.63, 3.8) is 0 Å². The van der Waals surface area contributed by atoms with Gasteiger partial charge in [0.15, 0.2) is 0 Å². The fraction of sp³-hybridized carbons (Fsp3) is 0.571. The van der Waals surface area contributed by atoms with Crippen LogP contribution in [0.15, 0.2) is 10.5 Å².